The van der Waals surface area contributed by atoms with E-state index in [-0.39, 0.29) is 17.5 Å². The van der Waals surface area contributed by atoms with Crippen LogP contribution >= 0.6 is 0 Å². The second-order valence-electron chi connectivity index (χ2n) is 8.81. The lowest BCUT2D eigenvalue weighted by Gasteiger charge is -2.27. The second kappa shape index (κ2) is 9.67. The van der Waals surface area contributed by atoms with E-state index in [4.69, 9.17) is 4.74 Å². The quantitative estimate of drug-likeness (QED) is 0.305. The van der Waals surface area contributed by atoms with Crippen LogP contribution in [-0.4, -0.2) is 49.9 Å². The molecule has 4 rings (SSSR count). The number of nitrogens with zero attached hydrogens (tertiary/aromatic N) is 3. The van der Waals surface area contributed by atoms with Crippen LogP contribution in [0.25, 0.3) is 10.9 Å². The number of methoxy groups -OCH3 is 1. The van der Waals surface area contributed by atoms with Crippen molar-refractivity contribution >= 4 is 22.6 Å². The molecule has 0 aliphatic heterocycles. The summed E-state index contributed by atoms with van der Waals surface area (Å²) in [5.74, 6) is -0.337. The van der Waals surface area contributed by atoms with E-state index >= 15 is 0 Å². The number of amides is 1. The number of nitrogens with one attached hydrogen (secondary N) is 3. The molecule has 1 aromatic carbocycles. The van der Waals surface area contributed by atoms with E-state index < -0.39 is 23.4 Å². The summed E-state index contributed by atoms with van der Waals surface area (Å²) >= 11 is 0. The fourth-order valence-electron chi connectivity index (χ4n) is 3.47. The minimum atomic E-state index is -0.950. The zero-order valence-electron chi connectivity index (χ0n) is 19.8. The van der Waals surface area contributed by atoms with Crippen LogP contribution < -0.4 is 15.4 Å². The molecule has 0 bridgehead atoms. The highest BCUT2D eigenvalue weighted by atomic mass is 19.1. The fourth-order valence-corrected chi connectivity index (χ4v) is 3.47. The lowest BCUT2D eigenvalue weighted by Crippen LogP contribution is -2.39. The van der Waals surface area contributed by atoms with Crippen molar-refractivity contribution in [2.75, 3.05) is 12.4 Å². The number of carbonyl (C=O) groups excluding carboxylic acids is 1. The van der Waals surface area contributed by atoms with Crippen LogP contribution in [0.1, 0.15) is 48.4 Å². The molecule has 1 amide bonds. The van der Waals surface area contributed by atoms with Crippen molar-refractivity contribution in [2.24, 2.45) is 0 Å². The normalized spacial score (nSPS) is 13.3. The Balaban J connectivity index is 1.62. The molecule has 0 fully saturated rings. The van der Waals surface area contributed by atoms with Gasteiger partial charge >= 0.3 is 0 Å². The molecule has 0 saturated carbocycles. The third-order valence-corrected chi connectivity index (χ3v) is 5.87. The van der Waals surface area contributed by atoms with Gasteiger partial charge in [-0.1, -0.05) is 6.07 Å². The number of ether oxygens (including phenoxy) is 1. The van der Waals surface area contributed by atoms with Crippen LogP contribution in [0.15, 0.2) is 55.0 Å². The number of hydrogen-bond acceptors (Lipinski definition) is 7. The van der Waals surface area contributed by atoms with Crippen molar-refractivity contribution in [3.05, 3.63) is 77.6 Å². The van der Waals surface area contributed by atoms with E-state index in [1.54, 1.807) is 56.7 Å². The Morgan fingerprint density at radius 2 is 1.97 bits per heavy atom. The molecule has 0 saturated heterocycles. The highest BCUT2D eigenvalue weighted by Gasteiger charge is 2.23. The molecule has 3 heterocycles. The highest BCUT2D eigenvalue weighted by molar-refractivity contribution is 5.95. The van der Waals surface area contributed by atoms with E-state index in [2.05, 4.69) is 30.8 Å². The number of carbonyl (C=O) groups is 1. The van der Waals surface area contributed by atoms with Crippen molar-refractivity contribution in [1.82, 2.24) is 25.5 Å². The number of rotatable bonds is 8. The van der Waals surface area contributed by atoms with Gasteiger partial charge in [0.1, 0.15) is 11.5 Å². The van der Waals surface area contributed by atoms with E-state index in [0.29, 0.717) is 22.5 Å². The van der Waals surface area contributed by atoms with Crippen molar-refractivity contribution in [3.8, 4) is 5.75 Å². The predicted octanol–water partition coefficient (Wildman–Crippen LogP) is 3.59. The molecule has 2 atom stereocenters. The maximum atomic E-state index is 14.4. The van der Waals surface area contributed by atoms with Gasteiger partial charge in [-0.3, -0.25) is 9.89 Å². The molecule has 2 unspecified atom stereocenters. The molecular weight excluding hydrogens is 451 g/mol. The Kier molecular flexibility index (Phi) is 6.65. The third-order valence-electron chi connectivity index (χ3n) is 5.87. The summed E-state index contributed by atoms with van der Waals surface area (Å²) in [6.07, 6.45) is 4.85. The number of aromatic amines is 1. The zero-order chi connectivity index (χ0) is 25.2. The predicted molar refractivity (Wildman–Crippen MR) is 130 cm³/mol. The van der Waals surface area contributed by atoms with Crippen LogP contribution in [0, 0.1) is 5.82 Å². The first-order valence-corrected chi connectivity index (χ1v) is 11.0. The van der Waals surface area contributed by atoms with Crippen LogP contribution in [0.2, 0.25) is 0 Å². The van der Waals surface area contributed by atoms with Crippen molar-refractivity contribution < 1.29 is 19.0 Å². The van der Waals surface area contributed by atoms with E-state index in [1.807, 2.05) is 6.92 Å². The number of H-pyrrole nitrogens is 1. The van der Waals surface area contributed by atoms with E-state index in [9.17, 15) is 14.3 Å². The maximum Gasteiger partial charge on any atom is 0.270 e. The lowest BCUT2D eigenvalue weighted by atomic mass is 10.0. The molecule has 4 aromatic rings. The molecule has 9 nitrogen and oxygen atoms in total. The first-order valence-electron chi connectivity index (χ1n) is 11.0. The fraction of sp³-hybridized carbons (Fsp3) is 0.280. The number of benzene rings is 1. The van der Waals surface area contributed by atoms with Crippen molar-refractivity contribution in [2.45, 2.75) is 38.5 Å². The Morgan fingerprint density at radius 3 is 2.63 bits per heavy atom. The summed E-state index contributed by atoms with van der Waals surface area (Å²) in [6.45, 7) is 5.26. The average molecular weight is 479 g/mol. The summed E-state index contributed by atoms with van der Waals surface area (Å²) < 4.78 is 19.4. The Morgan fingerprint density at radius 1 is 1.17 bits per heavy atom. The van der Waals surface area contributed by atoms with E-state index in [1.165, 1.54) is 19.2 Å². The molecule has 0 spiro atoms. The van der Waals surface area contributed by atoms with Gasteiger partial charge in [0.05, 0.1) is 36.5 Å². The minimum absolute atomic E-state index is 0.110. The van der Waals surface area contributed by atoms with Gasteiger partial charge in [0.2, 0.25) is 0 Å². The number of aliphatic hydroxyl groups is 1. The lowest BCUT2D eigenvalue weighted by molar-refractivity contribution is 0.0648. The summed E-state index contributed by atoms with van der Waals surface area (Å²) in [5, 5.41) is 23.7. The van der Waals surface area contributed by atoms with Crippen LogP contribution in [0.4, 0.5) is 10.2 Å². The Hall–Kier alpha value is -4.05. The number of halogens is 1. The van der Waals surface area contributed by atoms with Gasteiger partial charge in [0, 0.05) is 29.4 Å². The third kappa shape index (κ3) is 5.38. The van der Waals surface area contributed by atoms with Gasteiger partial charge < -0.3 is 20.5 Å². The highest BCUT2D eigenvalue weighted by Crippen LogP contribution is 2.27. The number of pyridine rings is 2. The summed E-state index contributed by atoms with van der Waals surface area (Å²) in [6, 6.07) is 8.66. The SMILES string of the molecule is COc1ccc(C(NC(=O)c2ccc3cnc(NC(C)C(C)(C)O)cc3n2)c2cn[nH]c2)cc1F. The molecule has 0 radical (unpaired) electrons. The molecule has 0 aliphatic rings. The maximum absolute atomic E-state index is 14.4. The van der Waals surface area contributed by atoms with Crippen molar-refractivity contribution in [3.63, 3.8) is 0 Å². The summed E-state index contributed by atoms with van der Waals surface area (Å²) in [4.78, 5) is 22.0. The Bertz CT molecular complexity index is 1340. The van der Waals surface area contributed by atoms with Crippen LogP contribution in [0.5, 0.6) is 5.75 Å². The summed E-state index contributed by atoms with van der Waals surface area (Å²) in [5.41, 5.74) is 0.978. The molecule has 4 N–H and O–H groups in total. The minimum Gasteiger partial charge on any atom is -0.494 e. The standard InChI is InChI=1S/C25H27FN6O3/c1-14(25(2,3)34)30-22-10-20-16(11-27-22)5-7-19(31-20)24(33)32-23(17-12-28-29-13-17)15-6-8-21(35-4)18(26)9-15/h5-14,23,34H,1-4H3,(H,27,30)(H,28,29)(H,32,33). The number of aromatic nitrogens is 4. The second-order valence-corrected chi connectivity index (χ2v) is 8.81. The van der Waals surface area contributed by atoms with Crippen LogP contribution in [0.3, 0.4) is 0 Å². The molecule has 10 heteroatoms. The zero-order valence-corrected chi connectivity index (χ0v) is 19.8. The first-order chi connectivity index (χ1) is 16.7. The van der Waals surface area contributed by atoms with Gasteiger partial charge in [-0.05, 0) is 50.6 Å². The van der Waals surface area contributed by atoms with Gasteiger partial charge in [-0.2, -0.15) is 5.10 Å². The summed E-state index contributed by atoms with van der Waals surface area (Å²) in [7, 11) is 1.39. The first kappa shape index (κ1) is 24.1. The monoisotopic (exact) mass is 478 g/mol. The molecule has 35 heavy (non-hydrogen) atoms. The number of hydrogen-bond donors (Lipinski definition) is 4. The molecule has 3 aromatic heterocycles. The smallest absolute Gasteiger partial charge is 0.270 e. The van der Waals surface area contributed by atoms with Crippen molar-refractivity contribution in [1.29, 1.82) is 0 Å². The number of fused-ring (bicyclic) bond motifs is 1. The molecular formula is C25H27FN6O3. The number of anilines is 1. The largest absolute Gasteiger partial charge is 0.494 e. The molecule has 0 aliphatic carbocycles. The average Bonchev–Trinajstić information content (AvgIpc) is 3.36. The van der Waals surface area contributed by atoms with Gasteiger partial charge in [0.15, 0.2) is 11.6 Å². The van der Waals surface area contributed by atoms with Gasteiger partial charge in [-0.15, -0.1) is 0 Å². The van der Waals surface area contributed by atoms with Crippen LogP contribution in [-0.2, 0) is 0 Å². The molecule has 182 valence electrons. The Labute approximate surface area is 201 Å². The van der Waals surface area contributed by atoms with Gasteiger partial charge in [0.25, 0.3) is 5.91 Å². The topological polar surface area (TPSA) is 125 Å². The van der Waals surface area contributed by atoms with E-state index in [0.717, 1.165) is 5.39 Å². The van der Waals surface area contributed by atoms with Gasteiger partial charge in [-0.25, -0.2) is 14.4 Å².